The molecule has 0 aliphatic heterocycles. The fourth-order valence-corrected chi connectivity index (χ4v) is 1.70. The zero-order valence-electron chi connectivity index (χ0n) is 11.1. The summed E-state index contributed by atoms with van der Waals surface area (Å²) in [5.41, 5.74) is 1.27. The summed E-state index contributed by atoms with van der Waals surface area (Å²) in [6.45, 7) is 0.768. The van der Waals surface area contributed by atoms with E-state index in [-0.39, 0.29) is 24.0 Å². The number of hydrogen-bond acceptors (Lipinski definition) is 5. The van der Waals surface area contributed by atoms with Gasteiger partial charge in [-0.2, -0.15) is 0 Å². The molecule has 20 heavy (non-hydrogen) atoms. The van der Waals surface area contributed by atoms with Crippen molar-refractivity contribution in [1.29, 1.82) is 0 Å². The molecule has 0 fully saturated rings. The Bertz CT molecular complexity index is 563. The van der Waals surface area contributed by atoms with Crippen LogP contribution in [0.15, 0.2) is 34.9 Å². The van der Waals surface area contributed by atoms with E-state index < -0.39 is 0 Å². The van der Waals surface area contributed by atoms with Crippen LogP contribution in [-0.4, -0.2) is 29.8 Å². The average Bonchev–Trinajstić information content (AvgIpc) is 2.90. The molecule has 0 unspecified atom stereocenters. The molecule has 0 atom stereocenters. The van der Waals surface area contributed by atoms with Crippen molar-refractivity contribution in [3.8, 4) is 5.75 Å². The van der Waals surface area contributed by atoms with Crippen molar-refractivity contribution >= 4 is 5.91 Å². The SMILES string of the molecule is COCc1cc(C(=O)NCCc2ccc(O)cc2)no1. The summed E-state index contributed by atoms with van der Waals surface area (Å²) in [5, 5.41) is 15.6. The molecule has 0 radical (unpaired) electrons. The molecular formula is C14H16N2O4. The Morgan fingerprint density at radius 2 is 2.15 bits per heavy atom. The zero-order chi connectivity index (χ0) is 14.4. The minimum Gasteiger partial charge on any atom is -0.508 e. The van der Waals surface area contributed by atoms with Gasteiger partial charge in [0.2, 0.25) is 0 Å². The Kier molecular flexibility index (Phi) is 4.73. The van der Waals surface area contributed by atoms with Crippen molar-refractivity contribution < 1.29 is 19.2 Å². The maximum Gasteiger partial charge on any atom is 0.273 e. The molecule has 0 aliphatic rings. The number of amides is 1. The van der Waals surface area contributed by atoms with Gasteiger partial charge in [-0.25, -0.2) is 0 Å². The molecule has 6 heteroatoms. The average molecular weight is 276 g/mol. The number of ether oxygens (including phenoxy) is 1. The zero-order valence-corrected chi connectivity index (χ0v) is 11.1. The first kappa shape index (κ1) is 14.1. The number of aromatic nitrogens is 1. The van der Waals surface area contributed by atoms with Crippen LogP contribution in [0.25, 0.3) is 0 Å². The van der Waals surface area contributed by atoms with Crippen LogP contribution in [0.1, 0.15) is 21.8 Å². The highest BCUT2D eigenvalue weighted by atomic mass is 16.5. The van der Waals surface area contributed by atoms with Gasteiger partial charge in [-0.15, -0.1) is 0 Å². The smallest absolute Gasteiger partial charge is 0.273 e. The number of carbonyl (C=O) groups is 1. The summed E-state index contributed by atoms with van der Waals surface area (Å²) < 4.78 is 9.82. The van der Waals surface area contributed by atoms with Crippen molar-refractivity contribution in [2.24, 2.45) is 0 Å². The Hall–Kier alpha value is -2.34. The third-order valence-electron chi connectivity index (χ3n) is 2.71. The van der Waals surface area contributed by atoms with E-state index in [9.17, 15) is 4.79 Å². The minimum absolute atomic E-state index is 0.228. The van der Waals surface area contributed by atoms with E-state index >= 15 is 0 Å². The van der Waals surface area contributed by atoms with Crippen molar-refractivity contribution in [2.45, 2.75) is 13.0 Å². The lowest BCUT2D eigenvalue weighted by Gasteiger charge is -2.03. The lowest BCUT2D eigenvalue weighted by atomic mass is 10.1. The topological polar surface area (TPSA) is 84.6 Å². The van der Waals surface area contributed by atoms with Gasteiger partial charge < -0.3 is 19.7 Å². The summed E-state index contributed by atoms with van der Waals surface area (Å²) in [6.07, 6.45) is 0.675. The van der Waals surface area contributed by atoms with Crippen LogP contribution in [0.2, 0.25) is 0 Å². The van der Waals surface area contributed by atoms with Gasteiger partial charge in [0.15, 0.2) is 11.5 Å². The quantitative estimate of drug-likeness (QED) is 0.835. The van der Waals surface area contributed by atoms with Crippen LogP contribution in [-0.2, 0) is 17.8 Å². The maximum atomic E-state index is 11.8. The number of methoxy groups -OCH3 is 1. The number of benzene rings is 1. The van der Waals surface area contributed by atoms with E-state index in [1.807, 2.05) is 12.1 Å². The Balaban J connectivity index is 1.81. The van der Waals surface area contributed by atoms with Crippen LogP contribution in [0.4, 0.5) is 0 Å². The molecule has 0 spiro atoms. The Labute approximate surface area is 116 Å². The largest absolute Gasteiger partial charge is 0.508 e. The molecule has 0 saturated heterocycles. The van der Waals surface area contributed by atoms with Gasteiger partial charge >= 0.3 is 0 Å². The molecule has 0 saturated carbocycles. The second-order valence-corrected chi connectivity index (χ2v) is 4.28. The van der Waals surface area contributed by atoms with Crippen LogP contribution in [0.5, 0.6) is 5.75 Å². The molecule has 1 aromatic carbocycles. The molecule has 1 amide bonds. The fourth-order valence-electron chi connectivity index (χ4n) is 1.70. The van der Waals surface area contributed by atoms with Gasteiger partial charge in [0.25, 0.3) is 5.91 Å². The molecule has 0 bridgehead atoms. The monoisotopic (exact) mass is 276 g/mol. The third kappa shape index (κ3) is 3.83. The van der Waals surface area contributed by atoms with Gasteiger partial charge in [0.05, 0.1) is 0 Å². The Morgan fingerprint density at radius 3 is 2.85 bits per heavy atom. The number of nitrogens with zero attached hydrogens (tertiary/aromatic N) is 1. The van der Waals surface area contributed by atoms with Gasteiger partial charge in [-0.1, -0.05) is 17.3 Å². The van der Waals surface area contributed by atoms with Gasteiger partial charge in [0, 0.05) is 19.7 Å². The molecule has 6 nitrogen and oxygen atoms in total. The number of phenols is 1. The summed E-state index contributed by atoms with van der Waals surface area (Å²) in [6, 6.07) is 8.42. The molecule has 2 aromatic rings. The van der Waals surface area contributed by atoms with Crippen molar-refractivity contribution in [3.63, 3.8) is 0 Å². The summed E-state index contributed by atoms with van der Waals surface area (Å²) in [5.74, 6) is 0.456. The van der Waals surface area contributed by atoms with Crippen molar-refractivity contribution in [3.05, 3.63) is 47.3 Å². The first-order valence-corrected chi connectivity index (χ1v) is 6.19. The standard InChI is InChI=1S/C14H16N2O4/c1-19-9-12-8-13(16-20-12)14(18)15-7-6-10-2-4-11(17)5-3-10/h2-5,8,17H,6-7,9H2,1H3,(H,15,18). The maximum absolute atomic E-state index is 11.8. The molecule has 1 aromatic heterocycles. The van der Waals surface area contributed by atoms with E-state index in [0.717, 1.165) is 5.56 Å². The number of hydrogen-bond donors (Lipinski definition) is 2. The van der Waals surface area contributed by atoms with E-state index in [2.05, 4.69) is 10.5 Å². The van der Waals surface area contributed by atoms with Crippen molar-refractivity contribution in [1.82, 2.24) is 10.5 Å². The van der Waals surface area contributed by atoms with Crippen LogP contribution in [0.3, 0.4) is 0 Å². The van der Waals surface area contributed by atoms with E-state index in [1.165, 1.54) is 0 Å². The van der Waals surface area contributed by atoms with Crippen molar-refractivity contribution in [2.75, 3.05) is 13.7 Å². The Morgan fingerprint density at radius 1 is 1.40 bits per heavy atom. The minimum atomic E-state index is -0.283. The summed E-state index contributed by atoms with van der Waals surface area (Å²) >= 11 is 0. The highest BCUT2D eigenvalue weighted by molar-refractivity contribution is 5.92. The van der Waals surface area contributed by atoms with E-state index in [1.54, 1.807) is 25.3 Å². The lowest BCUT2D eigenvalue weighted by Crippen LogP contribution is -2.25. The molecule has 106 valence electrons. The van der Waals surface area contributed by atoms with E-state index in [4.69, 9.17) is 14.4 Å². The van der Waals surface area contributed by atoms with Crippen LogP contribution < -0.4 is 5.32 Å². The third-order valence-corrected chi connectivity index (χ3v) is 2.71. The van der Waals surface area contributed by atoms with Gasteiger partial charge in [0.1, 0.15) is 12.4 Å². The van der Waals surface area contributed by atoms with Gasteiger partial charge in [-0.05, 0) is 24.1 Å². The van der Waals surface area contributed by atoms with E-state index in [0.29, 0.717) is 18.7 Å². The summed E-state index contributed by atoms with van der Waals surface area (Å²) in [7, 11) is 1.54. The van der Waals surface area contributed by atoms with Crippen LogP contribution in [0, 0.1) is 0 Å². The summed E-state index contributed by atoms with van der Waals surface area (Å²) in [4.78, 5) is 11.8. The molecule has 1 heterocycles. The predicted molar refractivity (Wildman–Crippen MR) is 71.4 cm³/mol. The second kappa shape index (κ2) is 6.72. The molecule has 2 rings (SSSR count). The number of phenolic OH excluding ortho intramolecular Hbond substituents is 1. The highest BCUT2D eigenvalue weighted by Crippen LogP contribution is 2.09. The number of nitrogens with one attached hydrogen (secondary N) is 1. The van der Waals surface area contributed by atoms with Crippen LogP contribution >= 0.6 is 0 Å². The first-order chi connectivity index (χ1) is 9.69. The predicted octanol–water partition coefficient (Wildman–Crippen LogP) is 1.50. The molecule has 2 N–H and O–H groups in total. The molecular weight excluding hydrogens is 260 g/mol. The lowest BCUT2D eigenvalue weighted by molar-refractivity contribution is 0.0944. The molecule has 0 aliphatic carbocycles. The second-order valence-electron chi connectivity index (χ2n) is 4.28. The number of rotatable bonds is 6. The normalized spacial score (nSPS) is 10.4. The number of aromatic hydroxyl groups is 1. The highest BCUT2D eigenvalue weighted by Gasteiger charge is 2.11. The fraction of sp³-hybridized carbons (Fsp3) is 0.286. The first-order valence-electron chi connectivity index (χ1n) is 6.19. The van der Waals surface area contributed by atoms with Gasteiger partial charge in [-0.3, -0.25) is 4.79 Å². The number of carbonyl (C=O) groups excluding carboxylic acids is 1.